The summed E-state index contributed by atoms with van der Waals surface area (Å²) < 4.78 is 7.69. The molecule has 1 aliphatic rings. The lowest BCUT2D eigenvalue weighted by Gasteiger charge is -2.17. The van der Waals surface area contributed by atoms with Crippen LogP contribution in [0.1, 0.15) is 6.23 Å². The third-order valence-electron chi connectivity index (χ3n) is 3.38. The fourth-order valence-electron chi connectivity index (χ4n) is 2.37. The number of aromatic nitrogens is 3. The highest BCUT2D eigenvalue weighted by Crippen LogP contribution is 2.36. The van der Waals surface area contributed by atoms with E-state index in [1.54, 1.807) is 10.8 Å². The van der Waals surface area contributed by atoms with E-state index in [-0.39, 0.29) is 6.61 Å². The highest BCUT2D eigenvalue weighted by Gasteiger charge is 2.44. The summed E-state index contributed by atoms with van der Waals surface area (Å²) in [6.07, 6.45) is -1.08. The Morgan fingerprint density at radius 2 is 2.10 bits per heavy atom. The van der Waals surface area contributed by atoms with Crippen LogP contribution in [-0.4, -0.2) is 54.8 Å². The minimum atomic E-state index is -1.18. The number of ether oxygens (including phenoxy) is 1. The molecule has 0 aliphatic carbocycles. The first-order chi connectivity index (χ1) is 9.54. The van der Waals surface area contributed by atoms with E-state index in [1.165, 1.54) is 6.33 Å². The van der Waals surface area contributed by atoms with Gasteiger partial charge in [0, 0.05) is 10.7 Å². The number of nitrogens with two attached hydrogens (primary N) is 1. The molecule has 2 aromatic rings. The Balaban J connectivity index is 2.10. The molecule has 3 rings (SSSR count). The fourth-order valence-corrected chi connectivity index (χ4v) is 2.97. The first-order valence-corrected chi connectivity index (χ1v) is 6.73. The summed E-state index contributed by atoms with van der Waals surface area (Å²) in [6.45, 7) is -0.383. The summed E-state index contributed by atoms with van der Waals surface area (Å²) in [4.78, 5) is 8.03. The van der Waals surface area contributed by atoms with Crippen LogP contribution in [0.5, 0.6) is 0 Å². The molecule has 8 nitrogen and oxygen atoms in total. The van der Waals surface area contributed by atoms with Crippen molar-refractivity contribution in [3.63, 3.8) is 0 Å². The van der Waals surface area contributed by atoms with Crippen molar-refractivity contribution in [2.24, 2.45) is 0 Å². The van der Waals surface area contributed by atoms with Crippen LogP contribution in [0.3, 0.4) is 0 Å². The second-order valence-electron chi connectivity index (χ2n) is 4.57. The van der Waals surface area contributed by atoms with Gasteiger partial charge in [0.1, 0.15) is 36.1 Å². The molecule has 0 saturated carbocycles. The van der Waals surface area contributed by atoms with Crippen LogP contribution < -0.4 is 5.73 Å². The smallest absolute Gasteiger partial charge is 0.164 e. The van der Waals surface area contributed by atoms with Crippen molar-refractivity contribution >= 4 is 32.8 Å². The number of hydrogen-bond acceptors (Lipinski definition) is 7. The maximum atomic E-state index is 10.1. The van der Waals surface area contributed by atoms with Gasteiger partial charge in [0.05, 0.1) is 12.0 Å². The number of aliphatic hydroxyl groups is 3. The summed E-state index contributed by atoms with van der Waals surface area (Å²) in [7, 11) is 0. The number of fused-ring (bicyclic) bond motifs is 1. The van der Waals surface area contributed by atoms with E-state index in [0.29, 0.717) is 21.3 Å². The second-order valence-corrected chi connectivity index (χ2v) is 5.43. The maximum Gasteiger partial charge on any atom is 0.164 e. The molecule has 108 valence electrons. The number of nitrogens with zero attached hydrogens (tertiary/aromatic N) is 3. The zero-order valence-corrected chi connectivity index (χ0v) is 11.8. The van der Waals surface area contributed by atoms with Crippen molar-refractivity contribution in [3.8, 4) is 0 Å². The lowest BCUT2D eigenvalue weighted by atomic mass is 10.1. The Morgan fingerprint density at radius 3 is 2.75 bits per heavy atom. The molecule has 4 atom stereocenters. The molecule has 0 radical (unpaired) electrons. The van der Waals surface area contributed by atoms with Crippen molar-refractivity contribution in [2.45, 2.75) is 24.5 Å². The molecule has 20 heavy (non-hydrogen) atoms. The maximum absolute atomic E-state index is 10.1. The quantitative estimate of drug-likeness (QED) is 0.572. The molecule has 0 amide bonds. The molecular weight excluding hydrogens is 332 g/mol. The van der Waals surface area contributed by atoms with Gasteiger partial charge in [0.15, 0.2) is 6.23 Å². The molecule has 0 spiro atoms. The molecule has 0 bridgehead atoms. The van der Waals surface area contributed by atoms with Gasteiger partial charge in [-0.25, -0.2) is 9.97 Å². The molecule has 3 heterocycles. The SMILES string of the molecule is Nc1ncnc2c1c(Br)cn2[C@H]1O[C@H](CO)[C@H](O)[C@H]1O. The third kappa shape index (κ3) is 1.90. The third-order valence-corrected chi connectivity index (χ3v) is 3.98. The predicted molar refractivity (Wildman–Crippen MR) is 72.6 cm³/mol. The molecule has 9 heteroatoms. The minimum Gasteiger partial charge on any atom is -0.394 e. The average Bonchev–Trinajstić information content (AvgIpc) is 2.90. The van der Waals surface area contributed by atoms with Crippen LogP contribution >= 0.6 is 15.9 Å². The van der Waals surface area contributed by atoms with Crippen LogP contribution in [0, 0.1) is 0 Å². The Morgan fingerprint density at radius 1 is 1.35 bits per heavy atom. The predicted octanol–water partition coefficient (Wildman–Crippen LogP) is -0.613. The van der Waals surface area contributed by atoms with Gasteiger partial charge in [-0.3, -0.25) is 0 Å². The molecule has 1 fully saturated rings. The van der Waals surface area contributed by atoms with E-state index >= 15 is 0 Å². The van der Waals surface area contributed by atoms with Gasteiger partial charge in [0.25, 0.3) is 0 Å². The molecule has 0 unspecified atom stereocenters. The number of halogens is 1. The van der Waals surface area contributed by atoms with Crippen LogP contribution in [0.25, 0.3) is 11.0 Å². The van der Waals surface area contributed by atoms with E-state index < -0.39 is 24.5 Å². The first-order valence-electron chi connectivity index (χ1n) is 5.93. The molecule has 1 saturated heterocycles. The van der Waals surface area contributed by atoms with E-state index in [1.807, 2.05) is 0 Å². The topological polar surface area (TPSA) is 127 Å². The normalized spacial score (nSPS) is 30.2. The Hall–Kier alpha value is -1.26. The highest BCUT2D eigenvalue weighted by molar-refractivity contribution is 9.10. The van der Waals surface area contributed by atoms with Crippen molar-refractivity contribution in [3.05, 3.63) is 17.0 Å². The van der Waals surface area contributed by atoms with Crippen LogP contribution in [0.4, 0.5) is 5.82 Å². The zero-order valence-electron chi connectivity index (χ0n) is 10.2. The Kier molecular flexibility index (Phi) is 3.38. The van der Waals surface area contributed by atoms with Gasteiger partial charge in [-0.15, -0.1) is 0 Å². The fraction of sp³-hybridized carbons (Fsp3) is 0.455. The van der Waals surface area contributed by atoms with E-state index in [9.17, 15) is 10.2 Å². The zero-order chi connectivity index (χ0) is 14.4. The van der Waals surface area contributed by atoms with Gasteiger partial charge in [-0.05, 0) is 15.9 Å². The van der Waals surface area contributed by atoms with Gasteiger partial charge >= 0.3 is 0 Å². The average molecular weight is 345 g/mol. The number of nitrogen functional groups attached to an aromatic ring is 1. The number of rotatable bonds is 2. The van der Waals surface area contributed by atoms with Crippen molar-refractivity contribution in [2.75, 3.05) is 12.3 Å². The standard InChI is InChI=1S/C11H13BrN4O4/c12-4-1-16(10-6(4)9(13)14-3-15-10)11-8(19)7(18)5(2-17)20-11/h1,3,5,7-8,11,17-19H,2H2,(H2,13,14,15)/t5-,7+,8-,11+/m1/s1. The number of anilines is 1. The summed E-state index contributed by atoms with van der Waals surface area (Å²) in [5.41, 5.74) is 6.27. The van der Waals surface area contributed by atoms with Gasteiger partial charge in [0.2, 0.25) is 0 Å². The molecular formula is C11H13BrN4O4. The minimum absolute atomic E-state index is 0.298. The van der Waals surface area contributed by atoms with Crippen molar-refractivity contribution in [1.29, 1.82) is 0 Å². The van der Waals surface area contributed by atoms with Crippen LogP contribution in [0.2, 0.25) is 0 Å². The van der Waals surface area contributed by atoms with Crippen molar-refractivity contribution < 1.29 is 20.1 Å². The summed E-state index contributed by atoms with van der Waals surface area (Å²) in [6, 6.07) is 0. The van der Waals surface area contributed by atoms with Crippen molar-refractivity contribution in [1.82, 2.24) is 14.5 Å². The van der Waals surface area contributed by atoms with Gasteiger partial charge in [-0.2, -0.15) is 0 Å². The van der Waals surface area contributed by atoms with Crippen LogP contribution in [0.15, 0.2) is 17.0 Å². The largest absolute Gasteiger partial charge is 0.394 e. The second kappa shape index (κ2) is 4.93. The Bertz CT molecular complexity index is 649. The summed E-state index contributed by atoms with van der Waals surface area (Å²) in [5.74, 6) is 0.298. The number of hydrogen-bond donors (Lipinski definition) is 4. The molecule has 0 aromatic carbocycles. The molecule has 1 aliphatic heterocycles. The molecule has 5 N–H and O–H groups in total. The van der Waals surface area contributed by atoms with E-state index in [4.69, 9.17) is 15.6 Å². The highest BCUT2D eigenvalue weighted by atomic mass is 79.9. The number of aliphatic hydroxyl groups excluding tert-OH is 3. The van der Waals surface area contributed by atoms with Gasteiger partial charge in [-0.1, -0.05) is 0 Å². The van der Waals surface area contributed by atoms with Crippen LogP contribution in [-0.2, 0) is 4.74 Å². The summed E-state index contributed by atoms with van der Waals surface area (Å²) in [5, 5.41) is 29.6. The Labute approximate surface area is 121 Å². The van der Waals surface area contributed by atoms with E-state index in [2.05, 4.69) is 25.9 Å². The monoisotopic (exact) mass is 344 g/mol. The summed E-state index contributed by atoms with van der Waals surface area (Å²) >= 11 is 3.35. The lowest BCUT2D eigenvalue weighted by molar-refractivity contribution is -0.0509. The molecule has 2 aromatic heterocycles. The van der Waals surface area contributed by atoms with Gasteiger partial charge < -0.3 is 30.4 Å². The first kappa shape index (κ1) is 13.7. The lowest BCUT2D eigenvalue weighted by Crippen LogP contribution is -2.33. The van der Waals surface area contributed by atoms with E-state index in [0.717, 1.165) is 0 Å².